The van der Waals surface area contributed by atoms with E-state index in [0.29, 0.717) is 13.2 Å². The van der Waals surface area contributed by atoms with E-state index in [4.69, 9.17) is 9.47 Å². The zero-order valence-corrected chi connectivity index (χ0v) is 13.6. The van der Waals surface area contributed by atoms with Gasteiger partial charge >= 0.3 is 6.03 Å². The number of nitrogens with one attached hydrogen (secondary N) is 1. The SMILES string of the molecule is O=C(Nc1cccc(COC[C@@H]2CCCCO2)c1)N1CCCC1. The third-order valence-corrected chi connectivity index (χ3v) is 4.42. The van der Waals surface area contributed by atoms with Crippen molar-refractivity contribution in [3.05, 3.63) is 29.8 Å². The van der Waals surface area contributed by atoms with Crippen LogP contribution in [0, 0.1) is 0 Å². The van der Waals surface area contributed by atoms with E-state index < -0.39 is 0 Å². The maximum atomic E-state index is 12.1. The van der Waals surface area contributed by atoms with E-state index in [1.807, 2.05) is 29.2 Å². The second kappa shape index (κ2) is 8.31. The van der Waals surface area contributed by atoms with Gasteiger partial charge in [0.05, 0.1) is 19.3 Å². The van der Waals surface area contributed by atoms with E-state index in [-0.39, 0.29) is 12.1 Å². The molecule has 2 amide bonds. The van der Waals surface area contributed by atoms with E-state index in [0.717, 1.165) is 56.6 Å². The Bertz CT molecular complexity index is 509. The lowest BCUT2D eigenvalue weighted by Crippen LogP contribution is -2.32. The highest BCUT2D eigenvalue weighted by atomic mass is 16.5. The van der Waals surface area contributed by atoms with Crippen LogP contribution in [0.5, 0.6) is 0 Å². The quantitative estimate of drug-likeness (QED) is 0.905. The monoisotopic (exact) mass is 318 g/mol. The molecule has 2 saturated heterocycles. The zero-order chi connectivity index (χ0) is 15.9. The number of carbonyl (C=O) groups excluding carboxylic acids is 1. The molecular formula is C18H26N2O3. The molecular weight excluding hydrogens is 292 g/mol. The van der Waals surface area contributed by atoms with Crippen LogP contribution in [0.25, 0.3) is 0 Å². The lowest BCUT2D eigenvalue weighted by molar-refractivity contribution is -0.0447. The first kappa shape index (κ1) is 16.3. The summed E-state index contributed by atoms with van der Waals surface area (Å²) >= 11 is 0. The Morgan fingerprint density at radius 2 is 2.13 bits per heavy atom. The second-order valence-corrected chi connectivity index (χ2v) is 6.33. The number of amides is 2. The molecule has 0 aliphatic carbocycles. The summed E-state index contributed by atoms with van der Waals surface area (Å²) in [5.74, 6) is 0. The van der Waals surface area contributed by atoms with Crippen molar-refractivity contribution in [3.8, 4) is 0 Å². The van der Waals surface area contributed by atoms with Crippen LogP contribution in [0.1, 0.15) is 37.7 Å². The molecule has 1 N–H and O–H groups in total. The molecule has 1 atom stereocenters. The Hall–Kier alpha value is -1.59. The van der Waals surface area contributed by atoms with Crippen molar-refractivity contribution >= 4 is 11.7 Å². The number of benzene rings is 1. The van der Waals surface area contributed by atoms with Gasteiger partial charge in [-0.25, -0.2) is 4.79 Å². The van der Waals surface area contributed by atoms with Crippen LogP contribution in [-0.2, 0) is 16.1 Å². The Kier molecular flexibility index (Phi) is 5.88. The number of urea groups is 1. The number of anilines is 1. The first-order chi connectivity index (χ1) is 11.3. The maximum Gasteiger partial charge on any atom is 0.321 e. The lowest BCUT2D eigenvalue weighted by Gasteiger charge is -2.22. The smallest absolute Gasteiger partial charge is 0.321 e. The summed E-state index contributed by atoms with van der Waals surface area (Å²) in [6.45, 7) is 3.76. The van der Waals surface area contributed by atoms with Gasteiger partial charge in [0.1, 0.15) is 0 Å². The fraction of sp³-hybridized carbons (Fsp3) is 0.611. The fourth-order valence-electron chi connectivity index (χ4n) is 3.11. The fourth-order valence-corrected chi connectivity index (χ4v) is 3.11. The highest BCUT2D eigenvalue weighted by molar-refractivity contribution is 5.89. The molecule has 0 spiro atoms. The molecule has 0 unspecified atom stereocenters. The molecule has 2 fully saturated rings. The number of likely N-dealkylation sites (tertiary alicyclic amines) is 1. The normalized spacial score (nSPS) is 21.4. The molecule has 2 aliphatic rings. The summed E-state index contributed by atoms with van der Waals surface area (Å²) in [5.41, 5.74) is 1.90. The number of rotatable bonds is 5. The van der Waals surface area contributed by atoms with Crippen LogP contribution in [0.2, 0.25) is 0 Å². The molecule has 5 nitrogen and oxygen atoms in total. The standard InChI is InChI=1S/C18H26N2O3/c21-18(20-9-2-3-10-20)19-16-7-5-6-15(12-16)13-22-14-17-8-1-4-11-23-17/h5-7,12,17H,1-4,8-11,13-14H2,(H,19,21)/t17-/m0/s1. The lowest BCUT2D eigenvalue weighted by atomic mass is 10.1. The van der Waals surface area contributed by atoms with Gasteiger partial charge in [-0.1, -0.05) is 12.1 Å². The van der Waals surface area contributed by atoms with E-state index in [9.17, 15) is 4.79 Å². The summed E-state index contributed by atoms with van der Waals surface area (Å²) in [5, 5.41) is 2.97. The van der Waals surface area contributed by atoms with Crippen LogP contribution >= 0.6 is 0 Å². The van der Waals surface area contributed by atoms with Crippen LogP contribution in [-0.4, -0.2) is 43.3 Å². The maximum absolute atomic E-state index is 12.1. The van der Waals surface area contributed by atoms with Gasteiger partial charge in [-0.05, 0) is 49.8 Å². The van der Waals surface area contributed by atoms with Crippen LogP contribution in [0.3, 0.4) is 0 Å². The minimum absolute atomic E-state index is 0.00354. The largest absolute Gasteiger partial charge is 0.376 e. The minimum atomic E-state index is -0.00354. The van der Waals surface area contributed by atoms with Crippen molar-refractivity contribution in [2.24, 2.45) is 0 Å². The van der Waals surface area contributed by atoms with E-state index in [2.05, 4.69) is 5.32 Å². The number of carbonyl (C=O) groups is 1. The number of hydrogen-bond donors (Lipinski definition) is 1. The summed E-state index contributed by atoms with van der Waals surface area (Å²) in [6.07, 6.45) is 5.92. The van der Waals surface area contributed by atoms with Gasteiger partial charge in [-0.3, -0.25) is 0 Å². The summed E-state index contributed by atoms with van der Waals surface area (Å²) in [4.78, 5) is 14.0. The summed E-state index contributed by atoms with van der Waals surface area (Å²) in [7, 11) is 0. The van der Waals surface area contributed by atoms with Crippen molar-refractivity contribution in [2.75, 3.05) is 31.6 Å². The third-order valence-electron chi connectivity index (χ3n) is 4.42. The molecule has 0 bridgehead atoms. The molecule has 1 aromatic carbocycles. The second-order valence-electron chi connectivity index (χ2n) is 6.33. The molecule has 2 aliphatic heterocycles. The van der Waals surface area contributed by atoms with Crippen LogP contribution < -0.4 is 5.32 Å². The van der Waals surface area contributed by atoms with Gasteiger partial charge in [-0.15, -0.1) is 0 Å². The molecule has 126 valence electrons. The van der Waals surface area contributed by atoms with Crippen molar-refractivity contribution in [2.45, 2.75) is 44.8 Å². The molecule has 1 aromatic rings. The molecule has 0 saturated carbocycles. The average Bonchev–Trinajstić information content (AvgIpc) is 3.11. The summed E-state index contributed by atoms with van der Waals surface area (Å²) < 4.78 is 11.4. The number of nitrogens with zero attached hydrogens (tertiary/aromatic N) is 1. The molecule has 5 heteroatoms. The highest BCUT2D eigenvalue weighted by Gasteiger charge is 2.18. The van der Waals surface area contributed by atoms with E-state index in [1.165, 1.54) is 6.42 Å². The summed E-state index contributed by atoms with van der Waals surface area (Å²) in [6, 6.07) is 7.87. The molecule has 23 heavy (non-hydrogen) atoms. The van der Waals surface area contributed by atoms with Crippen molar-refractivity contribution in [3.63, 3.8) is 0 Å². The Balaban J connectivity index is 1.45. The van der Waals surface area contributed by atoms with Gasteiger partial charge in [0.25, 0.3) is 0 Å². The van der Waals surface area contributed by atoms with Crippen LogP contribution in [0.15, 0.2) is 24.3 Å². The molecule has 0 aromatic heterocycles. The third kappa shape index (κ3) is 4.94. The van der Waals surface area contributed by atoms with Crippen LogP contribution in [0.4, 0.5) is 10.5 Å². The van der Waals surface area contributed by atoms with E-state index in [1.54, 1.807) is 0 Å². The highest BCUT2D eigenvalue weighted by Crippen LogP contribution is 2.16. The van der Waals surface area contributed by atoms with Crippen molar-refractivity contribution < 1.29 is 14.3 Å². The van der Waals surface area contributed by atoms with Gasteiger partial charge in [0.15, 0.2) is 0 Å². The van der Waals surface area contributed by atoms with Crippen molar-refractivity contribution in [1.29, 1.82) is 0 Å². The average molecular weight is 318 g/mol. The molecule has 2 heterocycles. The Morgan fingerprint density at radius 1 is 1.26 bits per heavy atom. The molecule has 0 radical (unpaired) electrons. The van der Waals surface area contributed by atoms with Gasteiger partial charge in [0, 0.05) is 25.4 Å². The predicted molar refractivity (Wildman–Crippen MR) is 89.5 cm³/mol. The Labute approximate surface area is 137 Å². The topological polar surface area (TPSA) is 50.8 Å². The minimum Gasteiger partial charge on any atom is -0.376 e. The Morgan fingerprint density at radius 3 is 2.91 bits per heavy atom. The first-order valence-corrected chi connectivity index (χ1v) is 8.65. The predicted octanol–water partition coefficient (Wildman–Crippen LogP) is 3.40. The van der Waals surface area contributed by atoms with Gasteiger partial charge in [0.2, 0.25) is 0 Å². The first-order valence-electron chi connectivity index (χ1n) is 8.65. The zero-order valence-electron chi connectivity index (χ0n) is 13.6. The van der Waals surface area contributed by atoms with E-state index >= 15 is 0 Å². The number of ether oxygens (including phenoxy) is 2. The van der Waals surface area contributed by atoms with Gasteiger partial charge < -0.3 is 19.7 Å². The number of hydrogen-bond acceptors (Lipinski definition) is 3. The molecule has 3 rings (SSSR count). The van der Waals surface area contributed by atoms with Gasteiger partial charge in [-0.2, -0.15) is 0 Å². The van der Waals surface area contributed by atoms with Crippen molar-refractivity contribution in [1.82, 2.24) is 4.90 Å².